The van der Waals surface area contributed by atoms with Crippen molar-refractivity contribution in [2.75, 3.05) is 13.2 Å². The van der Waals surface area contributed by atoms with Crippen molar-refractivity contribution in [1.29, 1.82) is 0 Å². The minimum Gasteiger partial charge on any atom is -0.493 e. The number of rotatable bonds is 12. The van der Waals surface area contributed by atoms with Crippen molar-refractivity contribution < 1.29 is 23.8 Å². The van der Waals surface area contributed by atoms with E-state index in [-0.39, 0.29) is 16.8 Å². The zero-order valence-corrected chi connectivity index (χ0v) is 22.3. The quantitative estimate of drug-likeness (QED) is 0.230. The Kier molecular flexibility index (Phi) is 9.66. The lowest BCUT2D eigenvalue weighted by atomic mass is 9.92. The second kappa shape index (κ2) is 13.3. The van der Waals surface area contributed by atoms with Crippen LogP contribution in [0.5, 0.6) is 23.0 Å². The lowest BCUT2D eigenvalue weighted by Crippen LogP contribution is -2.27. The molecule has 37 heavy (non-hydrogen) atoms. The molecule has 1 heterocycles. The van der Waals surface area contributed by atoms with Crippen LogP contribution in [0.2, 0.25) is 0 Å². The van der Waals surface area contributed by atoms with Crippen LogP contribution < -0.4 is 14.2 Å². The van der Waals surface area contributed by atoms with E-state index >= 15 is 0 Å². The van der Waals surface area contributed by atoms with E-state index in [1.54, 1.807) is 0 Å². The van der Waals surface area contributed by atoms with Crippen molar-refractivity contribution in [3.8, 4) is 23.0 Å². The highest BCUT2D eigenvalue weighted by atomic mass is 32.2. The monoisotopic (exact) mass is 518 g/mol. The van der Waals surface area contributed by atoms with Gasteiger partial charge < -0.3 is 14.2 Å². The molecule has 4 rings (SSSR count). The molecule has 1 aliphatic heterocycles. The highest BCUT2D eigenvalue weighted by molar-refractivity contribution is 8.14. The number of carbonyl (C=O) groups is 2. The first kappa shape index (κ1) is 26.8. The Bertz CT molecular complexity index is 1180. The zero-order chi connectivity index (χ0) is 26.0. The Labute approximate surface area is 223 Å². The first-order valence-electron chi connectivity index (χ1n) is 13.0. The van der Waals surface area contributed by atoms with E-state index in [4.69, 9.17) is 14.2 Å². The molecule has 0 bridgehead atoms. The highest BCUT2D eigenvalue weighted by Gasteiger charge is 2.36. The number of ether oxygens (including phenoxy) is 3. The molecule has 0 amide bonds. The average molecular weight is 519 g/mol. The topological polar surface area (TPSA) is 61.8 Å². The molecule has 0 saturated carbocycles. The number of aryl methyl sites for hydroxylation is 1. The predicted molar refractivity (Wildman–Crippen MR) is 148 cm³/mol. The van der Waals surface area contributed by atoms with Gasteiger partial charge in [-0.1, -0.05) is 62.4 Å². The Morgan fingerprint density at radius 1 is 0.838 bits per heavy atom. The second-order valence-electron chi connectivity index (χ2n) is 9.14. The smallest absolute Gasteiger partial charge is 0.190 e. The minimum absolute atomic E-state index is 0.0947. The van der Waals surface area contributed by atoms with Gasteiger partial charge in [0.15, 0.2) is 10.9 Å². The number of hydrogen-bond acceptors (Lipinski definition) is 6. The summed E-state index contributed by atoms with van der Waals surface area (Å²) < 4.78 is 17.9. The zero-order valence-electron chi connectivity index (χ0n) is 21.5. The summed E-state index contributed by atoms with van der Waals surface area (Å²) >= 11 is 1.15. The summed E-state index contributed by atoms with van der Waals surface area (Å²) in [5, 5.41) is -0.312. The number of carbonyl (C=O) groups excluding carboxylic acids is 2. The molecule has 1 fully saturated rings. The van der Waals surface area contributed by atoms with Crippen LogP contribution in [0.4, 0.5) is 0 Å². The summed E-state index contributed by atoms with van der Waals surface area (Å²) in [6, 6.07) is 23.2. The maximum absolute atomic E-state index is 12.7. The Morgan fingerprint density at radius 2 is 1.57 bits per heavy atom. The fourth-order valence-corrected chi connectivity index (χ4v) is 5.51. The van der Waals surface area contributed by atoms with E-state index in [0.29, 0.717) is 26.1 Å². The van der Waals surface area contributed by atoms with E-state index in [0.717, 1.165) is 65.1 Å². The van der Waals surface area contributed by atoms with Crippen molar-refractivity contribution >= 4 is 22.7 Å². The summed E-state index contributed by atoms with van der Waals surface area (Å²) in [5.41, 5.74) is 1.99. The number of para-hydroxylation sites is 1. The largest absolute Gasteiger partial charge is 0.493 e. The van der Waals surface area contributed by atoms with Crippen LogP contribution in [0.15, 0.2) is 72.8 Å². The molecule has 6 heteroatoms. The number of thioether (sulfide) groups is 1. The normalized spacial score (nSPS) is 17.5. The third kappa shape index (κ3) is 7.39. The first-order valence-corrected chi connectivity index (χ1v) is 13.9. The molecule has 3 aromatic rings. The average Bonchev–Trinajstić information content (AvgIpc) is 2.92. The van der Waals surface area contributed by atoms with Crippen LogP contribution in [-0.2, 0) is 16.0 Å². The van der Waals surface area contributed by atoms with Gasteiger partial charge in [0, 0.05) is 18.8 Å². The van der Waals surface area contributed by atoms with Gasteiger partial charge >= 0.3 is 0 Å². The summed E-state index contributed by atoms with van der Waals surface area (Å²) in [6.45, 7) is 5.17. The van der Waals surface area contributed by atoms with Crippen LogP contribution in [0.25, 0.3) is 0 Å². The summed E-state index contributed by atoms with van der Waals surface area (Å²) in [7, 11) is 0. The fourth-order valence-electron chi connectivity index (χ4n) is 4.35. The summed E-state index contributed by atoms with van der Waals surface area (Å²) in [6.07, 6.45) is 3.72. The molecule has 0 aliphatic carbocycles. The van der Waals surface area contributed by atoms with Gasteiger partial charge in [-0.15, -0.1) is 0 Å². The number of Topliss-reactive ketones (excluding diaryl/α,β-unsaturated/α-hetero) is 1. The molecule has 0 spiro atoms. The van der Waals surface area contributed by atoms with E-state index < -0.39 is 5.25 Å². The van der Waals surface area contributed by atoms with Crippen molar-refractivity contribution in [1.82, 2.24) is 0 Å². The Hall–Kier alpha value is -3.25. The summed E-state index contributed by atoms with van der Waals surface area (Å²) in [4.78, 5) is 24.7. The highest BCUT2D eigenvalue weighted by Crippen LogP contribution is 2.40. The number of hydrogen-bond donors (Lipinski definition) is 0. The fraction of sp³-hybridized carbons (Fsp3) is 0.355. The van der Waals surface area contributed by atoms with Crippen molar-refractivity contribution in [3.05, 3.63) is 83.9 Å². The maximum atomic E-state index is 12.7. The standard InChI is InChI=1S/C31H34O5S/c1-3-9-24-20-27(36-26-10-6-5-7-11-26)16-17-28(24)35-19-8-18-34-25-14-12-23(13-15-25)31-30(33)22(4-2)21-29(32)37-31/h5-7,10-17,20,22,31H,3-4,8-9,18-19,21H2,1-2H3. The minimum atomic E-state index is -0.407. The van der Waals surface area contributed by atoms with Crippen molar-refractivity contribution in [3.63, 3.8) is 0 Å². The van der Waals surface area contributed by atoms with Crippen LogP contribution in [-0.4, -0.2) is 24.1 Å². The maximum Gasteiger partial charge on any atom is 0.190 e. The number of ketones is 1. The molecular formula is C31H34O5S. The molecule has 5 nitrogen and oxygen atoms in total. The van der Waals surface area contributed by atoms with Gasteiger partial charge in [-0.25, -0.2) is 0 Å². The molecular weight excluding hydrogens is 484 g/mol. The van der Waals surface area contributed by atoms with Gasteiger partial charge in [0.05, 0.1) is 18.5 Å². The molecule has 0 N–H and O–H groups in total. The van der Waals surface area contributed by atoms with E-state index in [9.17, 15) is 9.59 Å². The van der Waals surface area contributed by atoms with Gasteiger partial charge in [0.2, 0.25) is 0 Å². The molecule has 3 aromatic carbocycles. The van der Waals surface area contributed by atoms with Gasteiger partial charge in [-0.3, -0.25) is 9.59 Å². The van der Waals surface area contributed by atoms with E-state index in [1.165, 1.54) is 0 Å². The molecule has 194 valence electrons. The van der Waals surface area contributed by atoms with Gasteiger partial charge in [0.1, 0.15) is 23.0 Å². The lowest BCUT2D eigenvalue weighted by molar-refractivity contribution is -0.126. The van der Waals surface area contributed by atoms with Gasteiger partial charge in [-0.2, -0.15) is 0 Å². The van der Waals surface area contributed by atoms with Gasteiger partial charge in [-0.05, 0) is 66.4 Å². The third-order valence-electron chi connectivity index (χ3n) is 6.34. The van der Waals surface area contributed by atoms with Crippen LogP contribution in [0.1, 0.15) is 55.9 Å². The summed E-state index contributed by atoms with van der Waals surface area (Å²) in [5.74, 6) is 3.22. The first-order chi connectivity index (χ1) is 18.1. The Balaban J connectivity index is 1.25. The number of benzene rings is 3. The van der Waals surface area contributed by atoms with Crippen LogP contribution >= 0.6 is 11.8 Å². The predicted octanol–water partition coefficient (Wildman–Crippen LogP) is 7.58. The third-order valence-corrected chi connectivity index (χ3v) is 7.51. The van der Waals surface area contributed by atoms with Crippen LogP contribution in [0.3, 0.4) is 0 Å². The van der Waals surface area contributed by atoms with E-state index in [2.05, 4.69) is 13.0 Å². The molecule has 2 unspecified atom stereocenters. The van der Waals surface area contributed by atoms with Gasteiger partial charge in [0.25, 0.3) is 0 Å². The molecule has 1 saturated heterocycles. The molecule has 0 radical (unpaired) electrons. The van der Waals surface area contributed by atoms with E-state index in [1.807, 2.05) is 73.7 Å². The van der Waals surface area contributed by atoms with Crippen molar-refractivity contribution in [2.24, 2.45) is 5.92 Å². The molecule has 0 aromatic heterocycles. The lowest BCUT2D eigenvalue weighted by Gasteiger charge is -2.25. The Morgan fingerprint density at radius 3 is 2.30 bits per heavy atom. The van der Waals surface area contributed by atoms with Crippen molar-refractivity contribution in [2.45, 2.75) is 51.2 Å². The SMILES string of the molecule is CCCc1cc(Oc2ccccc2)ccc1OCCCOc1ccc(C2SC(=O)CC(CC)C2=O)cc1. The molecule has 1 aliphatic rings. The second-order valence-corrected chi connectivity index (χ2v) is 10.3. The van der Waals surface area contributed by atoms with Crippen LogP contribution in [0, 0.1) is 5.92 Å². The molecule has 2 atom stereocenters.